The van der Waals surface area contributed by atoms with Crippen molar-refractivity contribution < 1.29 is 9.53 Å². The Morgan fingerprint density at radius 2 is 1.86 bits per heavy atom. The zero-order valence-corrected chi connectivity index (χ0v) is 20.3. The maximum atomic E-state index is 13.1. The number of anilines is 2. The molecule has 2 aromatic carbocycles. The number of hydrogen-bond donors (Lipinski definition) is 4. The molecule has 7 nitrogen and oxygen atoms in total. The molecule has 2 saturated heterocycles. The van der Waals surface area contributed by atoms with Crippen molar-refractivity contribution in [3.63, 3.8) is 0 Å². The summed E-state index contributed by atoms with van der Waals surface area (Å²) in [4.78, 5) is 15.6. The predicted molar refractivity (Wildman–Crippen MR) is 137 cm³/mol. The standard InChI is InChI=1S/C28H35N5O2/c1-35-20-7-9-24-22(15-20)28(27(34)30-24)16-23(28)18-4-8-21-25(14-18)31-32-26(21)17-2-5-19(6-3-17)33-12-10-29-11-13-33/h2-3,5-7,9,15,18,21,23,25-26,29,31-32H,4,8,10-14,16H2,1H3,(H,30,34)/t18?,21?,23-,25?,26?,28-/m0/s1. The van der Waals surface area contributed by atoms with E-state index < -0.39 is 0 Å². The van der Waals surface area contributed by atoms with Gasteiger partial charge < -0.3 is 20.3 Å². The maximum Gasteiger partial charge on any atom is 0.235 e. The number of amides is 1. The minimum absolute atomic E-state index is 0.188. The number of nitrogens with one attached hydrogen (secondary N) is 4. The van der Waals surface area contributed by atoms with E-state index in [9.17, 15) is 4.79 Å². The monoisotopic (exact) mass is 473 g/mol. The third-order valence-corrected chi connectivity index (χ3v) is 9.48. The molecule has 0 radical (unpaired) electrons. The molecule has 184 valence electrons. The molecule has 6 atom stereocenters. The fourth-order valence-electron chi connectivity index (χ4n) is 7.52. The van der Waals surface area contributed by atoms with Gasteiger partial charge in [0.15, 0.2) is 0 Å². The molecule has 2 aromatic rings. The molecule has 0 bridgehead atoms. The van der Waals surface area contributed by atoms with Crippen LogP contribution in [-0.4, -0.2) is 45.2 Å². The Bertz CT molecular complexity index is 1130. The molecule has 4 unspecified atom stereocenters. The third kappa shape index (κ3) is 3.39. The summed E-state index contributed by atoms with van der Waals surface area (Å²) in [5.74, 6) is 2.61. The highest BCUT2D eigenvalue weighted by Gasteiger charge is 2.67. The first-order valence-electron chi connectivity index (χ1n) is 13.2. The first-order chi connectivity index (χ1) is 17.2. The second kappa shape index (κ2) is 8.22. The summed E-state index contributed by atoms with van der Waals surface area (Å²) < 4.78 is 5.47. The average molecular weight is 474 g/mol. The van der Waals surface area contributed by atoms with Crippen LogP contribution in [0.1, 0.15) is 42.9 Å². The molecule has 4 fully saturated rings. The van der Waals surface area contributed by atoms with Gasteiger partial charge in [-0.15, -0.1) is 0 Å². The van der Waals surface area contributed by atoms with E-state index in [0.717, 1.165) is 56.0 Å². The Balaban J connectivity index is 1.04. The number of nitrogens with zero attached hydrogens (tertiary/aromatic N) is 1. The first kappa shape index (κ1) is 21.7. The summed E-state index contributed by atoms with van der Waals surface area (Å²) >= 11 is 0. The van der Waals surface area contributed by atoms with Gasteiger partial charge in [0.2, 0.25) is 5.91 Å². The molecule has 7 rings (SSSR count). The van der Waals surface area contributed by atoms with Crippen LogP contribution in [0, 0.1) is 17.8 Å². The highest BCUT2D eigenvalue weighted by Crippen LogP contribution is 2.65. The number of ether oxygens (including phenoxy) is 1. The SMILES string of the molecule is COc1ccc2c(c1)[C@]1(C[C@H]1C1CCC3C(C1)NNC3c1ccc(N3CCNCC3)cc1)C(=O)N2. The number of hydrogen-bond acceptors (Lipinski definition) is 6. The van der Waals surface area contributed by atoms with Gasteiger partial charge in [-0.3, -0.25) is 10.2 Å². The van der Waals surface area contributed by atoms with Crippen LogP contribution in [-0.2, 0) is 10.2 Å². The topological polar surface area (TPSA) is 77.7 Å². The molecule has 3 aliphatic heterocycles. The van der Waals surface area contributed by atoms with Crippen molar-refractivity contribution in [1.82, 2.24) is 16.2 Å². The summed E-state index contributed by atoms with van der Waals surface area (Å²) in [6.45, 7) is 4.27. The summed E-state index contributed by atoms with van der Waals surface area (Å²) in [6, 6.07) is 16.0. The minimum atomic E-state index is -0.341. The van der Waals surface area contributed by atoms with E-state index in [4.69, 9.17) is 4.74 Å². The van der Waals surface area contributed by atoms with Gasteiger partial charge in [0.05, 0.1) is 18.6 Å². The molecule has 1 amide bonds. The largest absolute Gasteiger partial charge is 0.497 e. The lowest BCUT2D eigenvalue weighted by Gasteiger charge is -2.34. The normalized spacial score (nSPS) is 35.5. The molecule has 1 spiro atoms. The molecular weight excluding hydrogens is 438 g/mol. The molecule has 35 heavy (non-hydrogen) atoms. The van der Waals surface area contributed by atoms with E-state index in [1.807, 2.05) is 12.1 Å². The highest BCUT2D eigenvalue weighted by molar-refractivity contribution is 6.09. The van der Waals surface area contributed by atoms with Gasteiger partial charge >= 0.3 is 0 Å². The lowest BCUT2D eigenvalue weighted by atomic mass is 9.72. The fraction of sp³-hybridized carbons (Fsp3) is 0.536. The van der Waals surface area contributed by atoms with Crippen molar-refractivity contribution in [2.75, 3.05) is 43.5 Å². The summed E-state index contributed by atoms with van der Waals surface area (Å²) in [5, 5.41) is 6.57. The minimum Gasteiger partial charge on any atom is -0.497 e. The lowest BCUT2D eigenvalue weighted by molar-refractivity contribution is -0.118. The van der Waals surface area contributed by atoms with Gasteiger partial charge in [-0.25, -0.2) is 5.43 Å². The zero-order valence-electron chi connectivity index (χ0n) is 20.3. The van der Waals surface area contributed by atoms with E-state index in [-0.39, 0.29) is 11.3 Å². The number of carbonyl (C=O) groups excluding carboxylic acids is 1. The molecular formula is C28H35N5O2. The number of rotatable bonds is 4. The van der Waals surface area contributed by atoms with E-state index in [1.165, 1.54) is 24.1 Å². The number of piperazine rings is 1. The van der Waals surface area contributed by atoms with E-state index in [1.54, 1.807) is 7.11 Å². The van der Waals surface area contributed by atoms with Crippen molar-refractivity contribution in [3.05, 3.63) is 53.6 Å². The van der Waals surface area contributed by atoms with Gasteiger partial charge in [0, 0.05) is 43.6 Å². The van der Waals surface area contributed by atoms with Crippen LogP contribution in [0.15, 0.2) is 42.5 Å². The van der Waals surface area contributed by atoms with Gasteiger partial charge in [-0.2, -0.15) is 0 Å². The Hall–Kier alpha value is -2.61. The summed E-state index contributed by atoms with van der Waals surface area (Å²) in [6.07, 6.45) is 4.48. The molecule has 4 N–H and O–H groups in total. The molecule has 5 aliphatic rings. The van der Waals surface area contributed by atoms with Crippen LogP contribution in [0.2, 0.25) is 0 Å². The Morgan fingerprint density at radius 1 is 1.03 bits per heavy atom. The lowest BCUT2D eigenvalue weighted by Crippen LogP contribution is -2.43. The quantitative estimate of drug-likeness (QED) is 0.547. The smallest absolute Gasteiger partial charge is 0.235 e. The fourth-order valence-corrected chi connectivity index (χ4v) is 7.52. The number of benzene rings is 2. The molecule has 0 aromatic heterocycles. The van der Waals surface area contributed by atoms with Gasteiger partial charge in [0.1, 0.15) is 5.75 Å². The van der Waals surface area contributed by atoms with Crippen LogP contribution in [0.5, 0.6) is 5.75 Å². The van der Waals surface area contributed by atoms with Crippen LogP contribution < -0.4 is 31.1 Å². The summed E-state index contributed by atoms with van der Waals surface area (Å²) in [7, 11) is 1.69. The predicted octanol–water partition coefficient (Wildman–Crippen LogP) is 2.95. The Morgan fingerprint density at radius 3 is 2.66 bits per heavy atom. The van der Waals surface area contributed by atoms with Gasteiger partial charge in [-0.05, 0) is 84.9 Å². The Labute approximate surface area is 207 Å². The number of hydrazine groups is 1. The highest BCUT2D eigenvalue weighted by atomic mass is 16.5. The molecule has 3 heterocycles. The van der Waals surface area contributed by atoms with Gasteiger partial charge in [0.25, 0.3) is 0 Å². The zero-order chi connectivity index (χ0) is 23.6. The van der Waals surface area contributed by atoms with Gasteiger partial charge in [-0.1, -0.05) is 12.1 Å². The summed E-state index contributed by atoms with van der Waals surface area (Å²) in [5.41, 5.74) is 11.7. The molecule has 2 saturated carbocycles. The van der Waals surface area contributed by atoms with Crippen molar-refractivity contribution in [2.45, 2.75) is 43.2 Å². The molecule has 2 aliphatic carbocycles. The van der Waals surface area contributed by atoms with Crippen molar-refractivity contribution in [2.24, 2.45) is 17.8 Å². The van der Waals surface area contributed by atoms with Crippen molar-refractivity contribution in [3.8, 4) is 5.75 Å². The second-order valence-electron chi connectivity index (χ2n) is 11.1. The van der Waals surface area contributed by atoms with Crippen molar-refractivity contribution >= 4 is 17.3 Å². The maximum absolute atomic E-state index is 13.1. The average Bonchev–Trinajstić information content (AvgIpc) is 3.44. The van der Waals surface area contributed by atoms with E-state index >= 15 is 0 Å². The van der Waals surface area contributed by atoms with Crippen LogP contribution in [0.3, 0.4) is 0 Å². The van der Waals surface area contributed by atoms with E-state index in [2.05, 4.69) is 56.7 Å². The third-order valence-electron chi connectivity index (χ3n) is 9.48. The Kier molecular flexibility index (Phi) is 5.09. The number of fused-ring (bicyclic) bond motifs is 3. The van der Waals surface area contributed by atoms with Crippen molar-refractivity contribution in [1.29, 1.82) is 0 Å². The molecule has 7 heteroatoms. The first-order valence-corrected chi connectivity index (χ1v) is 13.2. The van der Waals surface area contributed by atoms with Crippen LogP contribution >= 0.6 is 0 Å². The number of carbonyl (C=O) groups is 1. The number of methoxy groups -OCH3 is 1. The van der Waals surface area contributed by atoms with E-state index in [0.29, 0.717) is 29.8 Å². The second-order valence-corrected chi connectivity index (χ2v) is 11.1. The van der Waals surface area contributed by atoms with Crippen LogP contribution in [0.4, 0.5) is 11.4 Å². The van der Waals surface area contributed by atoms with Crippen LogP contribution in [0.25, 0.3) is 0 Å².